The minimum atomic E-state index is 0.106. The standard InChI is InChI=1S/C16H17IN2OS/c17-12-5-7-13(8-6-12)18-16(20)11-19-9-1-3-14(19)15-4-2-10-21-15/h2,4-8,10,14H,1,3,9,11H2,(H,18,20)/p+1/t14-/m1/s1. The van der Waals surface area contributed by atoms with Crippen LogP contribution in [0.5, 0.6) is 0 Å². The van der Waals surface area contributed by atoms with Crippen LogP contribution < -0.4 is 10.2 Å². The molecule has 0 spiro atoms. The SMILES string of the molecule is O=C(C[NH+]1CCC[C@@H]1c1cccs1)Nc1ccc(I)cc1. The van der Waals surface area contributed by atoms with Gasteiger partial charge in [-0.25, -0.2) is 0 Å². The van der Waals surface area contributed by atoms with Crippen molar-refractivity contribution in [2.24, 2.45) is 0 Å². The van der Waals surface area contributed by atoms with Crippen molar-refractivity contribution in [1.29, 1.82) is 0 Å². The van der Waals surface area contributed by atoms with Crippen LogP contribution in [0, 0.1) is 3.57 Å². The van der Waals surface area contributed by atoms with Crippen LogP contribution in [0.3, 0.4) is 0 Å². The van der Waals surface area contributed by atoms with Crippen molar-refractivity contribution < 1.29 is 9.69 Å². The number of benzene rings is 1. The van der Waals surface area contributed by atoms with Gasteiger partial charge >= 0.3 is 0 Å². The van der Waals surface area contributed by atoms with Gasteiger partial charge < -0.3 is 10.2 Å². The van der Waals surface area contributed by atoms with E-state index in [4.69, 9.17) is 0 Å². The van der Waals surface area contributed by atoms with E-state index in [2.05, 4.69) is 45.4 Å². The van der Waals surface area contributed by atoms with Crippen LogP contribution in [0.15, 0.2) is 41.8 Å². The van der Waals surface area contributed by atoms with E-state index in [-0.39, 0.29) is 5.91 Å². The second-order valence-corrected chi connectivity index (χ2v) is 7.58. The van der Waals surface area contributed by atoms with Crippen LogP contribution in [-0.4, -0.2) is 19.0 Å². The molecule has 1 amide bonds. The van der Waals surface area contributed by atoms with Crippen molar-refractivity contribution in [3.05, 3.63) is 50.2 Å². The van der Waals surface area contributed by atoms with Crippen LogP contribution in [-0.2, 0) is 4.79 Å². The van der Waals surface area contributed by atoms with Crippen molar-refractivity contribution >= 4 is 45.5 Å². The molecular formula is C16H18IN2OS+. The molecule has 1 aliphatic rings. The van der Waals surface area contributed by atoms with Gasteiger partial charge in [-0.05, 0) is 58.3 Å². The summed E-state index contributed by atoms with van der Waals surface area (Å²) in [5.74, 6) is 0.106. The number of quaternary nitrogens is 1. The summed E-state index contributed by atoms with van der Waals surface area (Å²) in [5, 5.41) is 5.12. The van der Waals surface area contributed by atoms with Crippen LogP contribution in [0.25, 0.3) is 0 Å². The summed E-state index contributed by atoms with van der Waals surface area (Å²) < 4.78 is 1.17. The van der Waals surface area contributed by atoms with E-state index in [9.17, 15) is 4.79 Å². The van der Waals surface area contributed by atoms with E-state index in [1.54, 1.807) is 11.3 Å². The van der Waals surface area contributed by atoms with Gasteiger partial charge in [0.05, 0.1) is 11.4 Å². The molecule has 1 aromatic carbocycles. The molecule has 1 aromatic heterocycles. The third-order valence-electron chi connectivity index (χ3n) is 3.89. The highest BCUT2D eigenvalue weighted by atomic mass is 127. The smallest absolute Gasteiger partial charge is 0.279 e. The van der Waals surface area contributed by atoms with Crippen LogP contribution in [0.4, 0.5) is 5.69 Å². The average Bonchev–Trinajstić information content (AvgIpc) is 3.11. The number of carbonyl (C=O) groups is 1. The molecule has 2 heterocycles. The first-order valence-electron chi connectivity index (χ1n) is 7.16. The van der Waals surface area contributed by atoms with Crippen LogP contribution in [0.1, 0.15) is 23.8 Å². The van der Waals surface area contributed by atoms with E-state index in [1.165, 1.54) is 26.2 Å². The Labute approximate surface area is 142 Å². The van der Waals surface area contributed by atoms with Crippen molar-refractivity contribution in [3.8, 4) is 0 Å². The minimum Gasteiger partial charge on any atom is -0.321 e. The van der Waals surface area contributed by atoms with Gasteiger partial charge in [0.15, 0.2) is 6.54 Å². The molecule has 2 aromatic rings. The van der Waals surface area contributed by atoms with E-state index in [0.29, 0.717) is 12.6 Å². The van der Waals surface area contributed by atoms with E-state index in [0.717, 1.165) is 12.2 Å². The molecule has 1 saturated heterocycles. The van der Waals surface area contributed by atoms with Gasteiger partial charge in [0, 0.05) is 22.1 Å². The number of hydrogen-bond acceptors (Lipinski definition) is 2. The Bertz CT molecular complexity index is 597. The van der Waals surface area contributed by atoms with Crippen LogP contribution in [0.2, 0.25) is 0 Å². The second-order valence-electron chi connectivity index (χ2n) is 5.35. The number of thiophene rings is 1. The van der Waals surface area contributed by atoms with Crippen molar-refractivity contribution in [3.63, 3.8) is 0 Å². The molecule has 1 aliphatic heterocycles. The van der Waals surface area contributed by atoms with Crippen molar-refractivity contribution in [2.75, 3.05) is 18.4 Å². The molecule has 0 bridgehead atoms. The molecule has 0 saturated carbocycles. The van der Waals surface area contributed by atoms with Crippen molar-refractivity contribution in [2.45, 2.75) is 18.9 Å². The second kappa shape index (κ2) is 6.89. The van der Waals surface area contributed by atoms with E-state index in [1.807, 2.05) is 24.3 Å². The summed E-state index contributed by atoms with van der Waals surface area (Å²) in [7, 11) is 0. The zero-order chi connectivity index (χ0) is 14.7. The normalized spacial score (nSPS) is 21.4. The molecule has 0 radical (unpaired) electrons. The lowest BCUT2D eigenvalue weighted by molar-refractivity contribution is -0.910. The summed E-state index contributed by atoms with van der Waals surface area (Å²) in [4.78, 5) is 15.0. The highest BCUT2D eigenvalue weighted by molar-refractivity contribution is 14.1. The topological polar surface area (TPSA) is 33.5 Å². The summed E-state index contributed by atoms with van der Waals surface area (Å²) in [6.07, 6.45) is 2.39. The molecule has 5 heteroatoms. The molecule has 0 aliphatic carbocycles. The molecular weight excluding hydrogens is 395 g/mol. The summed E-state index contributed by atoms with van der Waals surface area (Å²) in [6, 6.07) is 12.7. The lowest BCUT2D eigenvalue weighted by Gasteiger charge is -2.20. The van der Waals surface area contributed by atoms with Gasteiger partial charge in [-0.3, -0.25) is 4.79 Å². The first-order valence-corrected chi connectivity index (χ1v) is 9.11. The average molecular weight is 413 g/mol. The number of anilines is 1. The third kappa shape index (κ3) is 3.84. The molecule has 21 heavy (non-hydrogen) atoms. The van der Waals surface area contributed by atoms with E-state index < -0.39 is 0 Å². The number of halogens is 1. The predicted molar refractivity (Wildman–Crippen MR) is 94.8 cm³/mol. The maximum atomic E-state index is 12.2. The highest BCUT2D eigenvalue weighted by Gasteiger charge is 2.32. The summed E-state index contributed by atoms with van der Waals surface area (Å²) in [5.41, 5.74) is 0.881. The fourth-order valence-electron chi connectivity index (χ4n) is 2.90. The van der Waals surface area contributed by atoms with Gasteiger partial charge in [-0.2, -0.15) is 0 Å². The van der Waals surface area contributed by atoms with E-state index >= 15 is 0 Å². The van der Waals surface area contributed by atoms with Crippen LogP contribution >= 0.6 is 33.9 Å². The molecule has 3 rings (SSSR count). The maximum absolute atomic E-state index is 12.2. The first-order chi connectivity index (χ1) is 10.2. The summed E-state index contributed by atoms with van der Waals surface area (Å²) in [6.45, 7) is 1.64. The Morgan fingerprint density at radius 2 is 2.14 bits per heavy atom. The molecule has 1 unspecified atom stereocenters. The van der Waals surface area contributed by atoms with Crippen molar-refractivity contribution in [1.82, 2.24) is 0 Å². The molecule has 1 fully saturated rings. The Balaban J connectivity index is 1.60. The van der Waals surface area contributed by atoms with Gasteiger partial charge in [0.1, 0.15) is 6.04 Å². The lowest BCUT2D eigenvalue weighted by atomic mass is 10.2. The number of nitrogens with one attached hydrogen (secondary N) is 2. The fourth-order valence-corrected chi connectivity index (χ4v) is 4.18. The largest absolute Gasteiger partial charge is 0.321 e. The zero-order valence-electron chi connectivity index (χ0n) is 11.6. The first kappa shape index (κ1) is 15.0. The summed E-state index contributed by atoms with van der Waals surface area (Å²) >= 11 is 4.07. The Hall–Kier alpha value is -0.920. The number of amides is 1. The van der Waals surface area contributed by atoms with Gasteiger partial charge in [-0.1, -0.05) is 6.07 Å². The Morgan fingerprint density at radius 3 is 2.86 bits per heavy atom. The number of carbonyl (C=O) groups excluding carboxylic acids is 1. The Kier molecular flexibility index (Phi) is 4.92. The highest BCUT2D eigenvalue weighted by Crippen LogP contribution is 2.23. The molecule has 110 valence electrons. The number of hydrogen-bond donors (Lipinski definition) is 2. The zero-order valence-corrected chi connectivity index (χ0v) is 14.6. The van der Waals surface area contributed by atoms with Gasteiger partial charge in [-0.15, -0.1) is 11.3 Å². The number of likely N-dealkylation sites (tertiary alicyclic amines) is 1. The fraction of sp³-hybridized carbons (Fsp3) is 0.312. The van der Waals surface area contributed by atoms with Gasteiger partial charge in [0.25, 0.3) is 5.91 Å². The molecule has 2 atom stereocenters. The molecule has 2 N–H and O–H groups in total. The number of rotatable bonds is 4. The Morgan fingerprint density at radius 1 is 1.33 bits per heavy atom. The quantitative estimate of drug-likeness (QED) is 0.743. The predicted octanol–water partition coefficient (Wildman–Crippen LogP) is 2.71. The maximum Gasteiger partial charge on any atom is 0.279 e. The van der Waals surface area contributed by atoms with Gasteiger partial charge in [0.2, 0.25) is 0 Å². The third-order valence-corrected chi connectivity index (χ3v) is 5.59. The molecule has 3 nitrogen and oxygen atoms in total. The minimum absolute atomic E-state index is 0.106. The monoisotopic (exact) mass is 413 g/mol. The lowest BCUT2D eigenvalue weighted by Crippen LogP contribution is -3.11.